The highest BCUT2D eigenvalue weighted by atomic mass is 79.9. The van der Waals surface area contributed by atoms with E-state index in [9.17, 15) is 4.39 Å². The Bertz CT molecular complexity index is 604. The molecule has 0 aliphatic carbocycles. The molecular weight excluding hydrogens is 327 g/mol. The average molecular weight is 339 g/mol. The van der Waals surface area contributed by atoms with Gasteiger partial charge in [-0.15, -0.1) is 11.3 Å². The van der Waals surface area contributed by atoms with Crippen molar-refractivity contribution >= 4 is 27.3 Å². The van der Waals surface area contributed by atoms with Gasteiger partial charge in [-0.3, -0.25) is 0 Å². The molecular formula is C14H12BrFN2S. The van der Waals surface area contributed by atoms with Crippen molar-refractivity contribution in [2.45, 2.75) is 13.0 Å². The smallest absolute Gasteiger partial charge is 0.140 e. The van der Waals surface area contributed by atoms with Crippen LogP contribution in [-0.2, 0) is 13.0 Å². The first-order valence-corrected chi connectivity index (χ1v) is 7.43. The van der Waals surface area contributed by atoms with Crippen LogP contribution in [0.1, 0.15) is 16.0 Å². The summed E-state index contributed by atoms with van der Waals surface area (Å²) >= 11 is 5.16. The zero-order valence-electron chi connectivity index (χ0n) is 10.1. The molecule has 19 heavy (non-hydrogen) atoms. The van der Waals surface area contributed by atoms with Crippen molar-refractivity contribution in [3.8, 4) is 6.07 Å². The number of benzene rings is 1. The molecule has 98 valence electrons. The highest BCUT2D eigenvalue weighted by Gasteiger charge is 2.02. The number of rotatable bonds is 5. The topological polar surface area (TPSA) is 35.8 Å². The molecule has 1 aromatic carbocycles. The molecule has 0 bridgehead atoms. The first kappa shape index (κ1) is 14.2. The van der Waals surface area contributed by atoms with Gasteiger partial charge in [-0.05, 0) is 52.2 Å². The molecule has 0 spiro atoms. The molecule has 2 rings (SSSR count). The maximum atomic E-state index is 13.1. The van der Waals surface area contributed by atoms with E-state index in [0.29, 0.717) is 6.54 Å². The maximum absolute atomic E-state index is 13.1. The van der Waals surface area contributed by atoms with Crippen LogP contribution in [-0.4, -0.2) is 6.54 Å². The van der Waals surface area contributed by atoms with Gasteiger partial charge in [0.25, 0.3) is 0 Å². The van der Waals surface area contributed by atoms with Crippen LogP contribution in [0.4, 0.5) is 4.39 Å². The van der Waals surface area contributed by atoms with Crippen molar-refractivity contribution in [3.63, 3.8) is 0 Å². The fourth-order valence-corrected chi connectivity index (χ4v) is 3.18. The Morgan fingerprint density at radius 2 is 2.16 bits per heavy atom. The van der Waals surface area contributed by atoms with Gasteiger partial charge >= 0.3 is 0 Å². The van der Waals surface area contributed by atoms with E-state index < -0.39 is 5.82 Å². The van der Waals surface area contributed by atoms with Crippen molar-refractivity contribution in [3.05, 3.63) is 55.9 Å². The molecule has 0 aliphatic rings. The summed E-state index contributed by atoms with van der Waals surface area (Å²) in [6, 6.07) is 10.6. The minimum absolute atomic E-state index is 0.0986. The molecule has 0 amide bonds. The second-order valence-electron chi connectivity index (χ2n) is 4.06. The van der Waals surface area contributed by atoms with Gasteiger partial charge in [0.15, 0.2) is 0 Å². The largest absolute Gasteiger partial charge is 0.312 e. The average Bonchev–Trinajstić information content (AvgIpc) is 2.82. The van der Waals surface area contributed by atoms with Crippen LogP contribution >= 0.6 is 27.3 Å². The normalized spacial score (nSPS) is 10.4. The van der Waals surface area contributed by atoms with Crippen LogP contribution in [0.2, 0.25) is 0 Å². The van der Waals surface area contributed by atoms with Crippen LogP contribution in [0.25, 0.3) is 0 Å². The number of nitriles is 1. The third kappa shape index (κ3) is 4.13. The molecule has 0 unspecified atom stereocenters. The SMILES string of the molecule is N#Cc1cc(CNCCc2ccc(Br)s2)ccc1F. The predicted octanol–water partition coefficient (Wildman–Crippen LogP) is 3.85. The quantitative estimate of drug-likeness (QED) is 0.840. The molecule has 5 heteroatoms. The van der Waals surface area contributed by atoms with E-state index in [0.717, 1.165) is 22.3 Å². The number of nitrogens with one attached hydrogen (secondary N) is 1. The Kier molecular flexibility index (Phi) is 5.08. The molecule has 0 saturated heterocycles. The highest BCUT2D eigenvalue weighted by molar-refractivity contribution is 9.11. The van der Waals surface area contributed by atoms with Gasteiger partial charge in [-0.1, -0.05) is 6.07 Å². The van der Waals surface area contributed by atoms with E-state index in [1.807, 2.05) is 12.1 Å². The molecule has 0 aliphatic heterocycles. The van der Waals surface area contributed by atoms with E-state index in [1.54, 1.807) is 23.5 Å². The molecule has 2 aromatic rings. The monoisotopic (exact) mass is 338 g/mol. The van der Waals surface area contributed by atoms with Gasteiger partial charge in [-0.2, -0.15) is 5.26 Å². The van der Waals surface area contributed by atoms with Gasteiger partial charge in [0.1, 0.15) is 11.9 Å². The third-order valence-electron chi connectivity index (χ3n) is 2.66. The van der Waals surface area contributed by atoms with E-state index in [-0.39, 0.29) is 5.56 Å². The van der Waals surface area contributed by atoms with Gasteiger partial charge in [0.2, 0.25) is 0 Å². The van der Waals surface area contributed by atoms with E-state index in [4.69, 9.17) is 5.26 Å². The lowest BCUT2D eigenvalue weighted by Crippen LogP contribution is -2.16. The summed E-state index contributed by atoms with van der Waals surface area (Å²) in [7, 11) is 0. The van der Waals surface area contributed by atoms with Crippen molar-refractivity contribution in [2.75, 3.05) is 6.54 Å². The first-order valence-electron chi connectivity index (χ1n) is 5.82. The Morgan fingerprint density at radius 3 is 2.84 bits per heavy atom. The molecule has 0 saturated carbocycles. The lowest BCUT2D eigenvalue weighted by molar-refractivity contribution is 0.621. The number of nitrogens with zero attached hydrogens (tertiary/aromatic N) is 1. The van der Waals surface area contributed by atoms with Crippen LogP contribution in [0.3, 0.4) is 0 Å². The Balaban J connectivity index is 1.81. The van der Waals surface area contributed by atoms with Crippen LogP contribution in [0.15, 0.2) is 34.1 Å². The number of hydrogen-bond acceptors (Lipinski definition) is 3. The minimum Gasteiger partial charge on any atom is -0.312 e. The summed E-state index contributed by atoms with van der Waals surface area (Å²) in [6.07, 6.45) is 0.961. The second-order valence-corrected chi connectivity index (χ2v) is 6.61. The number of hydrogen-bond donors (Lipinski definition) is 1. The van der Waals surface area contributed by atoms with E-state index >= 15 is 0 Å². The summed E-state index contributed by atoms with van der Waals surface area (Å²) in [4.78, 5) is 1.32. The summed E-state index contributed by atoms with van der Waals surface area (Å²) in [5.41, 5.74) is 1.02. The highest BCUT2D eigenvalue weighted by Crippen LogP contribution is 2.22. The van der Waals surface area contributed by atoms with Crippen LogP contribution < -0.4 is 5.32 Å². The Morgan fingerprint density at radius 1 is 1.32 bits per heavy atom. The minimum atomic E-state index is -0.463. The maximum Gasteiger partial charge on any atom is 0.140 e. The van der Waals surface area contributed by atoms with Gasteiger partial charge in [0.05, 0.1) is 9.35 Å². The van der Waals surface area contributed by atoms with Gasteiger partial charge in [-0.25, -0.2) is 4.39 Å². The fourth-order valence-electron chi connectivity index (χ4n) is 1.70. The zero-order valence-corrected chi connectivity index (χ0v) is 12.5. The Labute approximate surface area is 124 Å². The van der Waals surface area contributed by atoms with Crippen molar-refractivity contribution in [1.29, 1.82) is 5.26 Å². The summed E-state index contributed by atoms with van der Waals surface area (Å²) < 4.78 is 14.3. The molecule has 0 radical (unpaired) electrons. The molecule has 1 heterocycles. The zero-order chi connectivity index (χ0) is 13.7. The predicted molar refractivity (Wildman–Crippen MR) is 78.5 cm³/mol. The Hall–Kier alpha value is -1.22. The third-order valence-corrected chi connectivity index (χ3v) is 4.34. The summed E-state index contributed by atoms with van der Waals surface area (Å²) in [6.45, 7) is 1.49. The molecule has 0 fully saturated rings. The second kappa shape index (κ2) is 6.80. The molecule has 1 aromatic heterocycles. The summed E-state index contributed by atoms with van der Waals surface area (Å²) in [5.74, 6) is -0.463. The lowest BCUT2D eigenvalue weighted by Gasteiger charge is -2.04. The van der Waals surface area contributed by atoms with Crippen LogP contribution in [0.5, 0.6) is 0 Å². The van der Waals surface area contributed by atoms with E-state index in [1.165, 1.54) is 10.9 Å². The summed E-state index contributed by atoms with van der Waals surface area (Å²) in [5, 5.41) is 12.0. The molecule has 0 atom stereocenters. The van der Waals surface area contributed by atoms with Crippen molar-refractivity contribution in [1.82, 2.24) is 5.32 Å². The van der Waals surface area contributed by atoms with E-state index in [2.05, 4.69) is 27.3 Å². The van der Waals surface area contributed by atoms with Crippen molar-refractivity contribution < 1.29 is 4.39 Å². The standard InChI is InChI=1S/C14H12BrFN2S/c15-14-4-2-12(19-14)5-6-18-9-10-1-3-13(16)11(7-10)8-17/h1-4,7,18H,5-6,9H2. The lowest BCUT2D eigenvalue weighted by atomic mass is 10.1. The first-order chi connectivity index (χ1) is 9.19. The van der Waals surface area contributed by atoms with Gasteiger partial charge in [0, 0.05) is 18.0 Å². The number of halogens is 2. The van der Waals surface area contributed by atoms with Gasteiger partial charge < -0.3 is 5.32 Å². The molecule has 1 N–H and O–H groups in total. The fraction of sp³-hybridized carbons (Fsp3) is 0.214. The van der Waals surface area contributed by atoms with Crippen molar-refractivity contribution in [2.24, 2.45) is 0 Å². The molecule has 2 nitrogen and oxygen atoms in total. The van der Waals surface area contributed by atoms with Crippen LogP contribution in [0, 0.1) is 17.1 Å². The number of thiophene rings is 1.